The maximum absolute atomic E-state index is 12.7. The second-order valence-electron chi connectivity index (χ2n) is 7.94. The van der Waals surface area contributed by atoms with Gasteiger partial charge >= 0.3 is 0 Å². The molecule has 0 atom stereocenters. The van der Waals surface area contributed by atoms with E-state index < -0.39 is 10.0 Å². The fourth-order valence-electron chi connectivity index (χ4n) is 3.95. The Morgan fingerprint density at radius 2 is 1.71 bits per heavy atom. The van der Waals surface area contributed by atoms with E-state index in [1.165, 1.54) is 21.2 Å². The van der Waals surface area contributed by atoms with Gasteiger partial charge in [0, 0.05) is 44.1 Å². The third-order valence-electron chi connectivity index (χ3n) is 5.72. The lowest BCUT2D eigenvalue weighted by molar-refractivity contribution is -0.120. The van der Waals surface area contributed by atoms with Gasteiger partial charge in [0.15, 0.2) is 0 Å². The Morgan fingerprint density at radius 1 is 1.00 bits per heavy atom. The zero-order valence-electron chi connectivity index (χ0n) is 17.6. The van der Waals surface area contributed by atoms with Gasteiger partial charge < -0.3 is 10.1 Å². The average molecular weight is 464 g/mol. The van der Waals surface area contributed by atoms with Gasteiger partial charge in [0.05, 0.1) is 19.6 Å². The second kappa shape index (κ2) is 10.2. The first-order valence-electron chi connectivity index (χ1n) is 10.7. The summed E-state index contributed by atoms with van der Waals surface area (Å²) in [4.78, 5) is 15.6. The third-order valence-corrected chi connectivity index (χ3v) is 9.17. The minimum Gasteiger partial charge on any atom is -0.379 e. The number of carbonyl (C=O) groups is 1. The zero-order valence-corrected chi connectivity index (χ0v) is 19.2. The van der Waals surface area contributed by atoms with Crippen LogP contribution in [0.1, 0.15) is 28.8 Å². The molecule has 2 saturated heterocycles. The lowest BCUT2D eigenvalue weighted by Crippen LogP contribution is -2.36. The van der Waals surface area contributed by atoms with Gasteiger partial charge in [-0.25, -0.2) is 8.42 Å². The molecule has 2 aliphatic rings. The molecule has 168 valence electrons. The smallest absolute Gasteiger partial charge is 0.252 e. The number of morpholine rings is 1. The molecule has 1 amide bonds. The Bertz CT molecular complexity index is 994. The molecule has 0 radical (unpaired) electrons. The van der Waals surface area contributed by atoms with Crippen molar-refractivity contribution >= 4 is 27.3 Å². The molecule has 2 fully saturated rings. The van der Waals surface area contributed by atoms with E-state index >= 15 is 0 Å². The highest BCUT2D eigenvalue weighted by molar-refractivity contribution is 7.91. The first kappa shape index (κ1) is 22.4. The van der Waals surface area contributed by atoms with Crippen molar-refractivity contribution in [2.45, 2.75) is 36.6 Å². The van der Waals surface area contributed by atoms with Crippen LogP contribution in [0.25, 0.3) is 0 Å². The fourth-order valence-corrected chi connectivity index (χ4v) is 6.97. The van der Waals surface area contributed by atoms with E-state index in [1.807, 2.05) is 18.2 Å². The molecule has 0 aliphatic carbocycles. The van der Waals surface area contributed by atoms with E-state index in [9.17, 15) is 13.2 Å². The molecule has 7 nitrogen and oxygen atoms in total. The second-order valence-corrected chi connectivity index (χ2v) is 11.3. The molecule has 2 aromatic rings. The van der Waals surface area contributed by atoms with Crippen LogP contribution in [-0.4, -0.2) is 62.9 Å². The van der Waals surface area contributed by atoms with E-state index in [2.05, 4.69) is 16.3 Å². The monoisotopic (exact) mass is 463 g/mol. The molecule has 0 unspecified atom stereocenters. The van der Waals surface area contributed by atoms with Gasteiger partial charge in [0.2, 0.25) is 5.91 Å². The molecule has 0 bridgehead atoms. The van der Waals surface area contributed by atoms with Gasteiger partial charge in [0.25, 0.3) is 10.0 Å². The number of nitrogens with one attached hydrogen (secondary N) is 1. The standard InChI is InChI=1S/C22H29N3O4S2/c26-21(15-20-7-8-22(30-20)31(27,28)25-9-3-4-10-25)23-16-18-5-1-2-6-19(18)17-24-11-13-29-14-12-24/h1-2,5-8H,3-4,9-17H2,(H,23,26). The minimum absolute atomic E-state index is 0.104. The summed E-state index contributed by atoms with van der Waals surface area (Å²) in [6.07, 6.45) is 2.01. The number of amides is 1. The number of thiophene rings is 1. The predicted molar refractivity (Wildman–Crippen MR) is 120 cm³/mol. The summed E-state index contributed by atoms with van der Waals surface area (Å²) in [7, 11) is -3.42. The summed E-state index contributed by atoms with van der Waals surface area (Å²) >= 11 is 1.19. The maximum atomic E-state index is 12.7. The number of carbonyl (C=O) groups excluding carboxylic acids is 1. The number of nitrogens with zero attached hydrogens (tertiary/aromatic N) is 2. The first-order chi connectivity index (χ1) is 15.0. The Kier molecular flexibility index (Phi) is 7.39. The van der Waals surface area contributed by atoms with Crippen molar-refractivity contribution in [1.29, 1.82) is 0 Å². The number of sulfonamides is 1. The van der Waals surface area contributed by atoms with Crippen LogP contribution < -0.4 is 5.32 Å². The van der Waals surface area contributed by atoms with Gasteiger partial charge in [-0.2, -0.15) is 4.31 Å². The number of benzene rings is 1. The number of rotatable bonds is 8. The molecule has 1 N–H and O–H groups in total. The van der Waals surface area contributed by atoms with Crippen molar-refractivity contribution in [3.8, 4) is 0 Å². The van der Waals surface area contributed by atoms with Crippen molar-refractivity contribution in [3.63, 3.8) is 0 Å². The fraction of sp³-hybridized carbons (Fsp3) is 0.500. The Balaban J connectivity index is 1.32. The van der Waals surface area contributed by atoms with Crippen molar-refractivity contribution in [1.82, 2.24) is 14.5 Å². The lowest BCUT2D eigenvalue weighted by atomic mass is 10.1. The number of ether oxygens (including phenoxy) is 1. The van der Waals surface area contributed by atoms with Crippen LogP contribution in [0.2, 0.25) is 0 Å². The highest BCUT2D eigenvalue weighted by atomic mass is 32.2. The van der Waals surface area contributed by atoms with Crippen molar-refractivity contribution in [2.75, 3.05) is 39.4 Å². The van der Waals surface area contributed by atoms with Crippen LogP contribution in [0.4, 0.5) is 0 Å². The lowest BCUT2D eigenvalue weighted by Gasteiger charge is -2.27. The Hall–Kier alpha value is -1.78. The molecule has 31 heavy (non-hydrogen) atoms. The first-order valence-corrected chi connectivity index (χ1v) is 13.0. The Morgan fingerprint density at radius 3 is 2.45 bits per heavy atom. The van der Waals surface area contributed by atoms with Gasteiger partial charge in [-0.15, -0.1) is 11.3 Å². The van der Waals surface area contributed by atoms with E-state index in [1.54, 1.807) is 12.1 Å². The predicted octanol–water partition coefficient (Wildman–Crippen LogP) is 2.22. The Labute approximate surface area is 188 Å². The molecule has 1 aromatic heterocycles. The van der Waals surface area contributed by atoms with E-state index in [4.69, 9.17) is 4.74 Å². The molecule has 0 spiro atoms. The highest BCUT2D eigenvalue weighted by Crippen LogP contribution is 2.27. The van der Waals surface area contributed by atoms with Crippen molar-refractivity contribution < 1.29 is 17.9 Å². The molecule has 4 rings (SSSR count). The summed E-state index contributed by atoms with van der Waals surface area (Å²) in [5.74, 6) is -0.104. The number of hydrogen-bond donors (Lipinski definition) is 1. The van der Waals surface area contributed by atoms with Crippen LogP contribution in [0, 0.1) is 0 Å². The van der Waals surface area contributed by atoms with Gasteiger partial charge in [-0.3, -0.25) is 9.69 Å². The normalized spacial score (nSPS) is 18.3. The van der Waals surface area contributed by atoms with Crippen LogP contribution in [0.3, 0.4) is 0 Å². The molecular formula is C22H29N3O4S2. The van der Waals surface area contributed by atoms with Crippen molar-refractivity contribution in [3.05, 3.63) is 52.4 Å². The van der Waals surface area contributed by atoms with Crippen LogP contribution in [0.15, 0.2) is 40.6 Å². The van der Waals surface area contributed by atoms with Crippen LogP contribution in [-0.2, 0) is 39.1 Å². The largest absolute Gasteiger partial charge is 0.379 e. The van der Waals surface area contributed by atoms with Gasteiger partial charge in [-0.05, 0) is 36.1 Å². The van der Waals surface area contributed by atoms with Crippen LogP contribution >= 0.6 is 11.3 Å². The molecule has 3 heterocycles. The summed E-state index contributed by atoms with van der Waals surface area (Å²) in [5, 5.41) is 2.99. The third kappa shape index (κ3) is 5.72. The number of hydrogen-bond acceptors (Lipinski definition) is 6. The zero-order chi connectivity index (χ0) is 21.7. The van der Waals surface area contributed by atoms with Gasteiger partial charge in [0.1, 0.15) is 4.21 Å². The molecule has 1 aromatic carbocycles. The summed E-state index contributed by atoms with van der Waals surface area (Å²) < 4.78 is 32.6. The van der Waals surface area contributed by atoms with E-state index in [0.717, 1.165) is 56.1 Å². The summed E-state index contributed by atoms with van der Waals surface area (Å²) in [6, 6.07) is 11.5. The maximum Gasteiger partial charge on any atom is 0.252 e. The molecule has 0 saturated carbocycles. The quantitative estimate of drug-likeness (QED) is 0.650. The van der Waals surface area contributed by atoms with Crippen molar-refractivity contribution in [2.24, 2.45) is 0 Å². The minimum atomic E-state index is -3.42. The highest BCUT2D eigenvalue weighted by Gasteiger charge is 2.28. The van der Waals surface area contributed by atoms with E-state index in [0.29, 0.717) is 23.8 Å². The summed E-state index contributed by atoms with van der Waals surface area (Å²) in [5.41, 5.74) is 2.31. The molecule has 2 aliphatic heterocycles. The van der Waals surface area contributed by atoms with E-state index in [-0.39, 0.29) is 12.3 Å². The topological polar surface area (TPSA) is 79.0 Å². The molecular weight excluding hydrogens is 434 g/mol. The van der Waals surface area contributed by atoms with Crippen LogP contribution in [0.5, 0.6) is 0 Å². The average Bonchev–Trinajstić information content (AvgIpc) is 3.47. The van der Waals surface area contributed by atoms with Gasteiger partial charge in [-0.1, -0.05) is 24.3 Å². The summed E-state index contributed by atoms with van der Waals surface area (Å²) in [6.45, 7) is 5.83. The SMILES string of the molecule is O=C(Cc1ccc(S(=O)(=O)N2CCCC2)s1)NCc1ccccc1CN1CCOCC1. The molecule has 9 heteroatoms.